The zero-order valence-electron chi connectivity index (χ0n) is 33.7. The van der Waals surface area contributed by atoms with Crippen LogP contribution in [0.25, 0.3) is 60.5 Å². The van der Waals surface area contributed by atoms with Crippen molar-refractivity contribution in [3.05, 3.63) is 228 Å². The molecule has 2 aliphatic carbocycles. The molecule has 1 heterocycles. The van der Waals surface area contributed by atoms with Crippen LogP contribution in [-0.4, -0.2) is 4.57 Å². The van der Waals surface area contributed by atoms with E-state index in [9.17, 15) is 2.74 Å². The molecule has 0 amide bonds. The van der Waals surface area contributed by atoms with Crippen molar-refractivity contribution >= 4 is 49.6 Å². The van der Waals surface area contributed by atoms with Crippen LogP contribution >= 0.6 is 0 Å². The summed E-state index contributed by atoms with van der Waals surface area (Å²) in [5.41, 5.74) is 12.1. The number of para-hydroxylation sites is 3. The van der Waals surface area contributed by atoms with E-state index in [-0.39, 0.29) is 24.2 Å². The van der Waals surface area contributed by atoms with Gasteiger partial charge in [-0.15, -0.1) is 0 Å². The molecule has 55 heavy (non-hydrogen) atoms. The Labute approximate surface area is 325 Å². The van der Waals surface area contributed by atoms with E-state index in [0.29, 0.717) is 11.1 Å². The van der Waals surface area contributed by atoms with Crippen molar-refractivity contribution in [3.8, 4) is 27.9 Å². The highest BCUT2D eigenvalue weighted by molar-refractivity contribution is 6.12. The van der Waals surface area contributed by atoms with Crippen molar-refractivity contribution in [1.29, 1.82) is 0 Å². The predicted molar refractivity (Wildman–Crippen MR) is 229 cm³/mol. The quantitative estimate of drug-likeness (QED) is 0.177. The number of hydrogen-bond donors (Lipinski definition) is 0. The molecule has 1 unspecified atom stereocenters. The van der Waals surface area contributed by atoms with Crippen molar-refractivity contribution in [2.24, 2.45) is 0 Å². The SMILES string of the molecule is [2H]c1c([2H])c([2H])c2c(c1[2H])-c1c(N(c3ccccc3)c3ccc4c(c3)c3ccccc3n4-c3ccccc3)cccc1C21c2ccccc2-c2cccc3cccc1c23. The van der Waals surface area contributed by atoms with E-state index in [2.05, 4.69) is 167 Å². The lowest BCUT2D eigenvalue weighted by molar-refractivity contribution is 0.773. The lowest BCUT2D eigenvalue weighted by Crippen LogP contribution is -2.31. The molecule has 0 saturated carbocycles. The number of benzene rings is 9. The van der Waals surface area contributed by atoms with Crippen LogP contribution < -0.4 is 4.90 Å². The van der Waals surface area contributed by atoms with Gasteiger partial charge in [0.2, 0.25) is 0 Å². The van der Waals surface area contributed by atoms with Gasteiger partial charge in [0.25, 0.3) is 0 Å². The Morgan fingerprint density at radius 1 is 0.455 bits per heavy atom. The van der Waals surface area contributed by atoms with E-state index in [4.69, 9.17) is 2.74 Å². The van der Waals surface area contributed by atoms with Crippen LogP contribution in [0.2, 0.25) is 0 Å². The van der Waals surface area contributed by atoms with Gasteiger partial charge in [-0.3, -0.25) is 0 Å². The van der Waals surface area contributed by atoms with Crippen LogP contribution in [0.15, 0.2) is 206 Å². The van der Waals surface area contributed by atoms with Gasteiger partial charge in [-0.1, -0.05) is 152 Å². The molecule has 0 aliphatic heterocycles. The molecule has 1 atom stereocenters. The van der Waals surface area contributed by atoms with E-state index < -0.39 is 5.41 Å². The van der Waals surface area contributed by atoms with Gasteiger partial charge in [0.1, 0.15) is 0 Å². The highest BCUT2D eigenvalue weighted by atomic mass is 15.1. The smallest absolute Gasteiger partial charge is 0.0726 e. The Morgan fingerprint density at radius 3 is 2.02 bits per heavy atom. The number of anilines is 3. The molecule has 0 saturated heterocycles. The maximum Gasteiger partial charge on any atom is 0.0726 e. The maximum absolute atomic E-state index is 9.81. The Hall–Kier alpha value is -7.16. The van der Waals surface area contributed by atoms with Crippen molar-refractivity contribution in [3.63, 3.8) is 0 Å². The monoisotopic (exact) mass is 702 g/mol. The first kappa shape index (κ1) is 26.6. The first-order valence-electron chi connectivity index (χ1n) is 20.8. The Kier molecular flexibility index (Phi) is 5.52. The largest absolute Gasteiger partial charge is 0.310 e. The predicted octanol–water partition coefficient (Wildman–Crippen LogP) is 13.8. The zero-order chi connectivity index (χ0) is 39.6. The molecular formula is C53H34N2. The summed E-state index contributed by atoms with van der Waals surface area (Å²) in [5, 5.41) is 4.45. The molecular weight excluding hydrogens is 665 g/mol. The molecule has 0 fully saturated rings. The topological polar surface area (TPSA) is 8.17 Å². The minimum Gasteiger partial charge on any atom is -0.310 e. The molecule has 12 rings (SSSR count). The molecule has 2 heteroatoms. The number of hydrogen-bond acceptors (Lipinski definition) is 1. The number of rotatable bonds is 4. The second-order valence-corrected chi connectivity index (χ2v) is 14.5. The average Bonchev–Trinajstić information content (AvgIpc) is 3.79. The van der Waals surface area contributed by atoms with Gasteiger partial charge in [-0.05, 0) is 104 Å². The van der Waals surface area contributed by atoms with Gasteiger partial charge in [0.05, 0.1) is 27.6 Å². The van der Waals surface area contributed by atoms with Gasteiger partial charge >= 0.3 is 0 Å². The van der Waals surface area contributed by atoms with Crippen LogP contribution in [0.4, 0.5) is 17.1 Å². The average molecular weight is 703 g/mol. The minimum atomic E-state index is -1.03. The second kappa shape index (κ2) is 11.4. The van der Waals surface area contributed by atoms with Crippen LogP contribution in [0.5, 0.6) is 0 Å². The lowest BCUT2D eigenvalue weighted by atomic mass is 9.61. The van der Waals surface area contributed by atoms with Gasteiger partial charge in [-0.25, -0.2) is 0 Å². The zero-order valence-corrected chi connectivity index (χ0v) is 29.7. The van der Waals surface area contributed by atoms with E-state index in [1.165, 1.54) is 0 Å². The number of aromatic nitrogens is 1. The van der Waals surface area contributed by atoms with Gasteiger partial charge < -0.3 is 9.47 Å². The maximum atomic E-state index is 9.81. The van der Waals surface area contributed by atoms with Crippen LogP contribution in [0.1, 0.15) is 27.7 Å². The van der Waals surface area contributed by atoms with Crippen LogP contribution in [-0.2, 0) is 5.41 Å². The number of fused-ring (bicyclic) bond motifs is 12. The summed E-state index contributed by atoms with van der Waals surface area (Å²) in [6.45, 7) is 0. The number of nitrogens with zero attached hydrogens (tertiary/aromatic N) is 2. The normalized spacial score (nSPS) is 16.0. The van der Waals surface area contributed by atoms with E-state index >= 15 is 0 Å². The lowest BCUT2D eigenvalue weighted by Gasteiger charge is -2.40. The fraction of sp³-hybridized carbons (Fsp3) is 0.0189. The summed E-state index contributed by atoms with van der Waals surface area (Å²) < 4.78 is 40.1. The highest BCUT2D eigenvalue weighted by Gasteiger charge is 2.51. The highest BCUT2D eigenvalue weighted by Crippen LogP contribution is 2.63. The molecule has 1 aromatic heterocycles. The molecule has 256 valence electrons. The third kappa shape index (κ3) is 4.03. The molecule has 1 spiro atoms. The molecule has 0 radical (unpaired) electrons. The molecule has 9 aromatic carbocycles. The summed E-state index contributed by atoms with van der Waals surface area (Å²) in [4.78, 5) is 2.26. The summed E-state index contributed by atoms with van der Waals surface area (Å²) in [5.74, 6) is 0. The van der Waals surface area contributed by atoms with E-state index in [0.717, 1.165) is 88.7 Å². The second-order valence-electron chi connectivity index (χ2n) is 14.5. The van der Waals surface area contributed by atoms with Crippen LogP contribution in [0, 0.1) is 0 Å². The summed E-state index contributed by atoms with van der Waals surface area (Å²) in [6.07, 6.45) is 0. The van der Waals surface area contributed by atoms with Gasteiger partial charge in [0, 0.05) is 33.4 Å². The Bertz CT molecular complexity index is 3390. The molecule has 10 aromatic rings. The third-order valence-electron chi connectivity index (χ3n) is 11.9. The van der Waals surface area contributed by atoms with Crippen LogP contribution in [0.3, 0.4) is 0 Å². The van der Waals surface area contributed by atoms with Gasteiger partial charge in [0.15, 0.2) is 0 Å². The Morgan fingerprint density at radius 2 is 1.13 bits per heavy atom. The van der Waals surface area contributed by atoms with Crippen molar-refractivity contribution in [1.82, 2.24) is 4.57 Å². The minimum absolute atomic E-state index is 0.0178. The summed E-state index contributed by atoms with van der Waals surface area (Å²) >= 11 is 0. The van der Waals surface area contributed by atoms with Crippen molar-refractivity contribution in [2.45, 2.75) is 5.41 Å². The van der Waals surface area contributed by atoms with E-state index in [1.54, 1.807) is 0 Å². The molecule has 2 aliphatic rings. The molecule has 2 nitrogen and oxygen atoms in total. The third-order valence-corrected chi connectivity index (χ3v) is 11.9. The first-order valence-corrected chi connectivity index (χ1v) is 18.8. The fourth-order valence-corrected chi connectivity index (χ4v) is 9.80. The fourth-order valence-electron chi connectivity index (χ4n) is 9.80. The Balaban J connectivity index is 1.22. The standard InChI is InChI=1S/C53H34N2/c1-3-18-36(19-4-1)54(38-32-33-49-43(34-38)40-23-9-12-30-48(40)55(49)37-20-5-2-6-21-37)50-31-15-29-47-52(50)42-24-8-11-27-45(42)53(47)44-26-10-7-22-39(44)41-25-13-16-35-17-14-28-46(53)51(35)41/h1-34H/i8D,11D,24D,27D. The molecule has 0 bridgehead atoms. The van der Waals surface area contributed by atoms with Crippen molar-refractivity contribution < 1.29 is 5.48 Å². The first-order chi connectivity index (χ1) is 29.0. The van der Waals surface area contributed by atoms with Gasteiger partial charge in [-0.2, -0.15) is 0 Å². The molecule has 0 N–H and O–H groups in total. The van der Waals surface area contributed by atoms with Crippen molar-refractivity contribution in [2.75, 3.05) is 4.90 Å². The van der Waals surface area contributed by atoms with E-state index in [1.807, 2.05) is 24.3 Å². The summed E-state index contributed by atoms with van der Waals surface area (Å²) in [7, 11) is 0. The summed E-state index contributed by atoms with van der Waals surface area (Å²) in [6, 6.07) is 63.0.